The fourth-order valence-corrected chi connectivity index (χ4v) is 4.08. The number of hydrogen-bond acceptors (Lipinski definition) is 6. The molecule has 1 N–H and O–H groups in total. The van der Waals surface area contributed by atoms with Gasteiger partial charge in [-0.15, -0.1) is 5.10 Å². The maximum Gasteiger partial charge on any atom is 0.326 e. The molecule has 9 heteroatoms. The summed E-state index contributed by atoms with van der Waals surface area (Å²) in [7, 11) is 0. The summed E-state index contributed by atoms with van der Waals surface area (Å²) in [6.07, 6.45) is 5.30. The minimum atomic E-state index is -0.213. The van der Waals surface area contributed by atoms with Gasteiger partial charge in [0.05, 0.1) is 25.1 Å². The van der Waals surface area contributed by atoms with Crippen LogP contribution in [0.15, 0.2) is 67.1 Å². The Balaban J connectivity index is 1.38. The highest BCUT2D eigenvalue weighted by atomic mass is 16.5. The smallest absolute Gasteiger partial charge is 0.326 e. The molecule has 174 valence electrons. The van der Waals surface area contributed by atoms with Crippen LogP contribution >= 0.6 is 0 Å². The Morgan fingerprint density at radius 3 is 2.59 bits per heavy atom. The van der Waals surface area contributed by atoms with Crippen molar-refractivity contribution in [3.05, 3.63) is 67.1 Å². The average molecular weight is 458 g/mol. The molecule has 0 bridgehead atoms. The summed E-state index contributed by atoms with van der Waals surface area (Å²) >= 11 is 0. The maximum atomic E-state index is 13.0. The van der Waals surface area contributed by atoms with Gasteiger partial charge in [-0.1, -0.05) is 0 Å². The molecule has 0 aliphatic carbocycles. The van der Waals surface area contributed by atoms with E-state index < -0.39 is 0 Å². The molecule has 1 saturated heterocycles. The van der Waals surface area contributed by atoms with Crippen LogP contribution in [-0.2, 0) is 4.74 Å². The predicted molar refractivity (Wildman–Crippen MR) is 132 cm³/mol. The largest absolute Gasteiger partial charge is 0.378 e. The van der Waals surface area contributed by atoms with E-state index in [2.05, 4.69) is 20.3 Å². The number of hydrogen-bond donors (Lipinski definition) is 1. The quantitative estimate of drug-likeness (QED) is 0.486. The summed E-state index contributed by atoms with van der Waals surface area (Å²) in [5.41, 5.74) is 3.28. The molecule has 34 heavy (non-hydrogen) atoms. The fourth-order valence-electron chi connectivity index (χ4n) is 4.08. The second-order valence-corrected chi connectivity index (χ2v) is 8.38. The second kappa shape index (κ2) is 9.48. The first-order valence-corrected chi connectivity index (χ1v) is 11.4. The van der Waals surface area contributed by atoms with Crippen LogP contribution in [0.5, 0.6) is 0 Å². The highest BCUT2D eigenvalue weighted by molar-refractivity contribution is 6.02. The highest BCUT2D eigenvalue weighted by Crippen LogP contribution is 2.26. The number of rotatable bonds is 5. The number of fused-ring (bicyclic) bond motifs is 1. The number of aromatic nitrogens is 4. The molecule has 1 aliphatic rings. The van der Waals surface area contributed by atoms with Gasteiger partial charge >= 0.3 is 6.03 Å². The summed E-state index contributed by atoms with van der Waals surface area (Å²) < 4.78 is 7.36. The number of carbonyl (C=O) groups excluding carboxylic acids is 1. The van der Waals surface area contributed by atoms with Crippen molar-refractivity contribution in [3.63, 3.8) is 0 Å². The number of urea groups is 1. The first-order valence-electron chi connectivity index (χ1n) is 11.4. The molecular formula is C25H27N7O2. The molecule has 0 unspecified atom stereocenters. The Bertz CT molecular complexity index is 1270. The first kappa shape index (κ1) is 21.8. The third kappa shape index (κ3) is 4.42. The van der Waals surface area contributed by atoms with Crippen molar-refractivity contribution in [2.75, 3.05) is 41.4 Å². The van der Waals surface area contributed by atoms with Crippen molar-refractivity contribution in [2.24, 2.45) is 0 Å². The van der Waals surface area contributed by atoms with Crippen LogP contribution in [-0.4, -0.2) is 58.0 Å². The second-order valence-electron chi connectivity index (χ2n) is 8.38. The molecule has 1 aromatic carbocycles. The van der Waals surface area contributed by atoms with Gasteiger partial charge in [0, 0.05) is 42.8 Å². The number of carbonyl (C=O) groups is 1. The summed E-state index contributed by atoms with van der Waals surface area (Å²) in [4.78, 5) is 25.9. The summed E-state index contributed by atoms with van der Waals surface area (Å²) in [6, 6.07) is 15.0. The van der Waals surface area contributed by atoms with Crippen molar-refractivity contribution in [3.8, 4) is 11.4 Å². The van der Waals surface area contributed by atoms with Gasteiger partial charge < -0.3 is 15.0 Å². The predicted octanol–water partition coefficient (Wildman–Crippen LogP) is 4.07. The van der Waals surface area contributed by atoms with E-state index in [0.717, 1.165) is 35.7 Å². The first-order chi connectivity index (χ1) is 16.6. The van der Waals surface area contributed by atoms with Crippen LogP contribution in [0, 0.1) is 0 Å². The van der Waals surface area contributed by atoms with E-state index in [0.29, 0.717) is 24.7 Å². The summed E-state index contributed by atoms with van der Waals surface area (Å²) in [5, 5.41) is 7.67. The molecule has 0 saturated carbocycles. The molecule has 0 radical (unpaired) electrons. The molecule has 0 spiro atoms. The van der Waals surface area contributed by atoms with Crippen molar-refractivity contribution >= 4 is 28.7 Å². The van der Waals surface area contributed by atoms with Gasteiger partial charge in [-0.3, -0.25) is 9.88 Å². The Morgan fingerprint density at radius 2 is 1.88 bits per heavy atom. The molecule has 1 aliphatic heterocycles. The van der Waals surface area contributed by atoms with Crippen LogP contribution in [0.2, 0.25) is 0 Å². The van der Waals surface area contributed by atoms with Crippen LogP contribution in [0.1, 0.15) is 13.8 Å². The molecule has 4 aromatic rings. The molecule has 4 heterocycles. The normalized spacial score (nSPS) is 13.9. The number of morpholine rings is 1. The van der Waals surface area contributed by atoms with E-state index in [9.17, 15) is 4.79 Å². The van der Waals surface area contributed by atoms with Crippen molar-refractivity contribution in [2.45, 2.75) is 19.9 Å². The monoisotopic (exact) mass is 457 g/mol. The Morgan fingerprint density at radius 1 is 1.09 bits per heavy atom. The van der Waals surface area contributed by atoms with Gasteiger partial charge in [-0.2, -0.15) is 0 Å². The SMILES string of the molecule is CC(C)N(C(=O)Nc1ccc(-c2nc(N3CCOCC3)c3cccn3n2)cc1)c1cccnc1. The lowest BCUT2D eigenvalue weighted by Gasteiger charge is -2.28. The highest BCUT2D eigenvalue weighted by Gasteiger charge is 2.20. The van der Waals surface area contributed by atoms with Gasteiger partial charge in [0.1, 0.15) is 5.52 Å². The van der Waals surface area contributed by atoms with E-state index >= 15 is 0 Å². The number of amides is 2. The van der Waals surface area contributed by atoms with Crippen LogP contribution in [0.4, 0.5) is 22.0 Å². The summed E-state index contributed by atoms with van der Waals surface area (Å²) in [6.45, 7) is 6.91. The van der Waals surface area contributed by atoms with Crippen molar-refractivity contribution in [1.29, 1.82) is 0 Å². The van der Waals surface area contributed by atoms with Crippen LogP contribution < -0.4 is 15.1 Å². The van der Waals surface area contributed by atoms with E-state index in [1.165, 1.54) is 0 Å². The van der Waals surface area contributed by atoms with Gasteiger partial charge in [0.25, 0.3) is 0 Å². The zero-order chi connectivity index (χ0) is 23.5. The third-order valence-corrected chi connectivity index (χ3v) is 5.74. The number of nitrogens with zero attached hydrogens (tertiary/aromatic N) is 6. The lowest BCUT2D eigenvalue weighted by atomic mass is 10.2. The Labute approximate surface area is 198 Å². The number of ether oxygens (including phenoxy) is 1. The number of pyridine rings is 1. The van der Waals surface area contributed by atoms with E-state index in [-0.39, 0.29) is 12.1 Å². The van der Waals surface area contributed by atoms with Gasteiger partial charge in [-0.05, 0) is 62.4 Å². The standard InChI is InChI=1S/C25H27N7O2/c1-18(2)32(21-5-3-11-26-17-21)25(33)27-20-9-7-19(8-10-20)23-28-24(30-13-15-34-16-14-30)22-6-4-12-31(22)29-23/h3-12,17-18H,13-16H2,1-2H3,(H,27,33). The van der Waals surface area contributed by atoms with Crippen LogP contribution in [0.3, 0.4) is 0 Å². The van der Waals surface area contributed by atoms with E-state index in [1.807, 2.05) is 73.1 Å². The molecule has 3 aromatic heterocycles. The third-order valence-electron chi connectivity index (χ3n) is 5.74. The van der Waals surface area contributed by atoms with Gasteiger partial charge in [0.2, 0.25) is 0 Å². The van der Waals surface area contributed by atoms with E-state index in [1.54, 1.807) is 17.3 Å². The zero-order valence-corrected chi connectivity index (χ0v) is 19.3. The number of nitrogens with one attached hydrogen (secondary N) is 1. The fraction of sp³-hybridized carbons (Fsp3) is 0.280. The van der Waals surface area contributed by atoms with Gasteiger partial charge in [0.15, 0.2) is 11.6 Å². The molecule has 5 rings (SSSR count). The molecule has 9 nitrogen and oxygen atoms in total. The minimum absolute atomic E-state index is 0.0243. The van der Waals surface area contributed by atoms with Gasteiger partial charge in [-0.25, -0.2) is 14.3 Å². The van der Waals surface area contributed by atoms with Crippen LogP contribution in [0.25, 0.3) is 16.9 Å². The summed E-state index contributed by atoms with van der Waals surface area (Å²) in [5.74, 6) is 1.53. The lowest BCUT2D eigenvalue weighted by molar-refractivity contribution is 0.122. The number of benzene rings is 1. The average Bonchev–Trinajstić information content (AvgIpc) is 3.34. The molecule has 0 atom stereocenters. The molecule has 1 fully saturated rings. The molecule has 2 amide bonds. The lowest BCUT2D eigenvalue weighted by Crippen LogP contribution is -2.40. The van der Waals surface area contributed by atoms with Crippen molar-refractivity contribution in [1.82, 2.24) is 19.6 Å². The Hall–Kier alpha value is -3.98. The topological polar surface area (TPSA) is 87.9 Å². The zero-order valence-electron chi connectivity index (χ0n) is 19.3. The maximum absolute atomic E-state index is 13.0. The Kier molecular flexibility index (Phi) is 6.09. The minimum Gasteiger partial charge on any atom is -0.378 e. The molecular weight excluding hydrogens is 430 g/mol. The number of anilines is 3. The van der Waals surface area contributed by atoms with E-state index in [4.69, 9.17) is 9.72 Å². The van der Waals surface area contributed by atoms with Crippen molar-refractivity contribution < 1.29 is 9.53 Å².